The number of hydrogen-bond donors (Lipinski definition) is 1. The van der Waals surface area contributed by atoms with Crippen LogP contribution in [0.5, 0.6) is 0 Å². The zero-order valence-corrected chi connectivity index (χ0v) is 16.8. The van der Waals surface area contributed by atoms with E-state index in [9.17, 15) is 9.50 Å². The Bertz CT molecular complexity index is 1200. The summed E-state index contributed by atoms with van der Waals surface area (Å²) in [5, 5.41) is 9.72. The highest BCUT2D eigenvalue weighted by atomic mass is 19.1. The molecule has 0 bridgehead atoms. The minimum atomic E-state index is -0.324. The summed E-state index contributed by atoms with van der Waals surface area (Å²) in [6.07, 6.45) is 0.407. The normalized spacial score (nSPS) is 17.1. The van der Waals surface area contributed by atoms with E-state index in [0.717, 1.165) is 35.2 Å². The Kier molecular flexibility index (Phi) is 4.85. The molecule has 1 fully saturated rings. The van der Waals surface area contributed by atoms with E-state index in [2.05, 4.69) is 35.0 Å². The fourth-order valence-corrected chi connectivity index (χ4v) is 4.22. The van der Waals surface area contributed by atoms with Crippen molar-refractivity contribution >= 4 is 11.1 Å². The molecule has 1 aliphatic rings. The molecule has 5 heteroatoms. The molecule has 2 heterocycles. The summed E-state index contributed by atoms with van der Waals surface area (Å²) in [6, 6.07) is 19.4. The van der Waals surface area contributed by atoms with Crippen molar-refractivity contribution in [3.8, 4) is 22.6 Å². The Balaban J connectivity index is 1.51. The summed E-state index contributed by atoms with van der Waals surface area (Å²) in [5.74, 6) is 0.190. The van der Waals surface area contributed by atoms with Crippen molar-refractivity contribution < 1.29 is 13.9 Å². The third-order valence-electron chi connectivity index (χ3n) is 5.85. The minimum Gasteiger partial charge on any atom is -0.436 e. The van der Waals surface area contributed by atoms with E-state index in [1.54, 1.807) is 6.07 Å². The summed E-state index contributed by atoms with van der Waals surface area (Å²) in [5.41, 5.74) is 5.89. The van der Waals surface area contributed by atoms with Crippen LogP contribution in [0.25, 0.3) is 33.7 Å². The van der Waals surface area contributed by atoms with Gasteiger partial charge < -0.3 is 9.52 Å². The molecule has 0 unspecified atom stereocenters. The average molecular weight is 402 g/mol. The molecule has 30 heavy (non-hydrogen) atoms. The number of aromatic nitrogens is 1. The van der Waals surface area contributed by atoms with Gasteiger partial charge in [-0.05, 0) is 42.2 Å². The maximum absolute atomic E-state index is 14.7. The van der Waals surface area contributed by atoms with Gasteiger partial charge >= 0.3 is 0 Å². The predicted octanol–water partition coefficient (Wildman–Crippen LogP) is 5.18. The highest BCUT2D eigenvalue weighted by Gasteiger charge is 2.22. The number of rotatable bonds is 4. The number of likely N-dealkylation sites (tertiary alicyclic amines) is 1. The molecule has 0 saturated carbocycles. The Morgan fingerprint density at radius 1 is 1.10 bits per heavy atom. The Morgan fingerprint density at radius 3 is 2.67 bits per heavy atom. The van der Waals surface area contributed by atoms with E-state index >= 15 is 0 Å². The van der Waals surface area contributed by atoms with Crippen LogP contribution >= 0.6 is 0 Å². The van der Waals surface area contributed by atoms with Gasteiger partial charge in [0.25, 0.3) is 0 Å². The lowest BCUT2D eigenvalue weighted by Gasteiger charge is -2.15. The van der Waals surface area contributed by atoms with Crippen LogP contribution in [0.1, 0.15) is 17.5 Å². The molecule has 1 saturated heterocycles. The van der Waals surface area contributed by atoms with Crippen molar-refractivity contribution in [1.82, 2.24) is 9.88 Å². The first-order valence-corrected chi connectivity index (χ1v) is 10.2. The van der Waals surface area contributed by atoms with Crippen LogP contribution in [0.4, 0.5) is 4.39 Å². The Morgan fingerprint density at radius 2 is 1.90 bits per heavy atom. The average Bonchev–Trinajstić information content (AvgIpc) is 3.34. The van der Waals surface area contributed by atoms with Gasteiger partial charge in [-0.2, -0.15) is 0 Å². The fraction of sp³-hybridized carbons (Fsp3) is 0.240. The Labute approximate surface area is 174 Å². The van der Waals surface area contributed by atoms with Gasteiger partial charge in [-0.15, -0.1) is 0 Å². The molecular weight excluding hydrogens is 379 g/mol. The summed E-state index contributed by atoms with van der Waals surface area (Å²) < 4.78 is 20.6. The van der Waals surface area contributed by atoms with Crippen LogP contribution in [0, 0.1) is 12.7 Å². The standard InChI is InChI=1S/C25H23FN2O2/c1-16-20(17-6-3-2-4-7-17)8-5-9-21(16)25-27-23-12-18(22(26)13-24(23)30-25)14-28-11-10-19(29)15-28/h2-9,12-13,19,29H,10-11,14-15H2,1H3/t19-/m0/s1. The smallest absolute Gasteiger partial charge is 0.227 e. The first-order chi connectivity index (χ1) is 14.6. The number of benzene rings is 3. The largest absolute Gasteiger partial charge is 0.436 e. The topological polar surface area (TPSA) is 49.5 Å². The van der Waals surface area contributed by atoms with Crippen molar-refractivity contribution in [1.29, 1.82) is 0 Å². The number of fused-ring (bicyclic) bond motifs is 1. The number of halogens is 1. The van der Waals surface area contributed by atoms with Gasteiger partial charge in [0.05, 0.1) is 6.10 Å². The second kappa shape index (κ2) is 7.67. The van der Waals surface area contributed by atoms with E-state index in [4.69, 9.17) is 4.42 Å². The maximum atomic E-state index is 14.7. The second-order valence-corrected chi connectivity index (χ2v) is 7.95. The second-order valence-electron chi connectivity index (χ2n) is 7.95. The third-order valence-corrected chi connectivity index (χ3v) is 5.85. The van der Waals surface area contributed by atoms with Crippen LogP contribution in [0.2, 0.25) is 0 Å². The van der Waals surface area contributed by atoms with E-state index in [1.165, 1.54) is 6.07 Å². The minimum absolute atomic E-state index is 0.304. The van der Waals surface area contributed by atoms with Gasteiger partial charge in [-0.3, -0.25) is 4.90 Å². The number of aliphatic hydroxyl groups is 1. The Hall–Kier alpha value is -3.02. The summed E-state index contributed by atoms with van der Waals surface area (Å²) >= 11 is 0. The summed E-state index contributed by atoms with van der Waals surface area (Å²) in [6.45, 7) is 3.86. The van der Waals surface area contributed by atoms with E-state index in [1.807, 2.05) is 30.3 Å². The zero-order chi connectivity index (χ0) is 20.7. The lowest BCUT2D eigenvalue weighted by atomic mass is 9.96. The number of hydrogen-bond acceptors (Lipinski definition) is 4. The number of β-amino-alcohol motifs (C(OH)–C–C–N with tert-alkyl or cyclic N) is 1. The molecular formula is C25H23FN2O2. The molecule has 1 atom stereocenters. The van der Waals surface area contributed by atoms with Crippen LogP contribution < -0.4 is 0 Å². The molecule has 0 aliphatic carbocycles. The highest BCUT2D eigenvalue weighted by molar-refractivity contribution is 5.80. The van der Waals surface area contributed by atoms with Crippen molar-refractivity contribution in [3.63, 3.8) is 0 Å². The van der Waals surface area contributed by atoms with Crippen molar-refractivity contribution in [2.24, 2.45) is 0 Å². The fourth-order valence-electron chi connectivity index (χ4n) is 4.22. The summed E-state index contributed by atoms with van der Waals surface area (Å²) in [7, 11) is 0. The molecule has 4 aromatic rings. The van der Waals surface area contributed by atoms with Crippen molar-refractivity contribution in [2.75, 3.05) is 13.1 Å². The quantitative estimate of drug-likeness (QED) is 0.511. The van der Waals surface area contributed by atoms with Gasteiger partial charge in [0.1, 0.15) is 11.3 Å². The molecule has 1 aromatic heterocycles. The first-order valence-electron chi connectivity index (χ1n) is 10.2. The summed E-state index contributed by atoms with van der Waals surface area (Å²) in [4.78, 5) is 6.73. The molecule has 1 N–H and O–H groups in total. The molecule has 0 spiro atoms. The zero-order valence-electron chi connectivity index (χ0n) is 16.8. The molecule has 3 aromatic carbocycles. The SMILES string of the molecule is Cc1c(-c2ccccc2)cccc1-c1nc2cc(CN3CC[C@H](O)C3)c(F)cc2o1. The van der Waals surface area contributed by atoms with Gasteiger partial charge in [-0.25, -0.2) is 9.37 Å². The van der Waals surface area contributed by atoms with E-state index < -0.39 is 0 Å². The predicted molar refractivity (Wildman–Crippen MR) is 115 cm³/mol. The lowest BCUT2D eigenvalue weighted by Crippen LogP contribution is -2.22. The molecule has 4 nitrogen and oxygen atoms in total. The van der Waals surface area contributed by atoms with E-state index in [-0.39, 0.29) is 11.9 Å². The van der Waals surface area contributed by atoms with Crippen LogP contribution in [-0.2, 0) is 6.54 Å². The van der Waals surface area contributed by atoms with Crippen LogP contribution in [0.3, 0.4) is 0 Å². The van der Waals surface area contributed by atoms with Gasteiger partial charge in [-0.1, -0.05) is 42.5 Å². The maximum Gasteiger partial charge on any atom is 0.227 e. The molecule has 0 amide bonds. The first kappa shape index (κ1) is 19.0. The van der Waals surface area contributed by atoms with Crippen LogP contribution in [-0.4, -0.2) is 34.2 Å². The molecule has 5 rings (SSSR count). The van der Waals surface area contributed by atoms with Crippen LogP contribution in [0.15, 0.2) is 65.1 Å². The van der Waals surface area contributed by atoms with Crippen molar-refractivity contribution in [3.05, 3.63) is 77.6 Å². The van der Waals surface area contributed by atoms with Gasteiger partial charge in [0.15, 0.2) is 5.58 Å². The molecule has 0 radical (unpaired) electrons. The molecule has 152 valence electrons. The van der Waals surface area contributed by atoms with Crippen molar-refractivity contribution in [2.45, 2.75) is 26.0 Å². The monoisotopic (exact) mass is 402 g/mol. The van der Waals surface area contributed by atoms with E-state index in [0.29, 0.717) is 35.6 Å². The number of aliphatic hydroxyl groups excluding tert-OH is 1. The molecule has 1 aliphatic heterocycles. The third kappa shape index (κ3) is 3.51. The van der Waals surface area contributed by atoms with Gasteiger partial charge in [0.2, 0.25) is 5.89 Å². The lowest BCUT2D eigenvalue weighted by molar-refractivity contribution is 0.174. The number of oxazole rings is 1. The van der Waals surface area contributed by atoms with Gasteiger partial charge in [0, 0.05) is 36.8 Å². The highest BCUT2D eigenvalue weighted by Crippen LogP contribution is 2.33. The number of nitrogens with zero attached hydrogens (tertiary/aromatic N) is 2.